The minimum atomic E-state index is -0.106. The topological polar surface area (TPSA) is 15.3 Å². The number of hydrogen-bond donors (Lipinski definition) is 1. The highest BCUT2D eigenvalue weighted by molar-refractivity contribution is 5.93. The van der Waals surface area contributed by atoms with Crippen LogP contribution in [0.5, 0.6) is 0 Å². The van der Waals surface area contributed by atoms with Gasteiger partial charge in [0.1, 0.15) is 0 Å². The Morgan fingerprint density at radius 3 is 1.43 bits per heavy atom. The fraction of sp³-hybridized carbons (Fsp3) is 0.0476. The van der Waals surface area contributed by atoms with Gasteiger partial charge in [0, 0.05) is 39.9 Å². The fourth-order valence-corrected chi connectivity index (χ4v) is 9.71. The molecule has 0 saturated carbocycles. The first-order valence-electron chi connectivity index (χ1n) is 22.5. The van der Waals surface area contributed by atoms with Crippen LogP contribution in [-0.2, 0) is 5.41 Å². The number of rotatable bonds is 7. The molecule has 1 aliphatic carbocycles. The van der Waals surface area contributed by atoms with Gasteiger partial charge in [-0.15, -0.1) is 0 Å². The molecule has 2 aliphatic rings. The predicted octanol–water partition coefficient (Wildman–Crippen LogP) is 17.2. The van der Waals surface area contributed by atoms with E-state index in [9.17, 15) is 0 Å². The standard InChI is InChI=1S/C63H48N2/c1-63(2)60-23-12-11-22-57(60)58-40-41-64-62-39-31-52(43-59(62)56-21-10-9-18-49(56)30-38-61(58)63)51-20-13-19-50(42-51)48-28-36-55(37-29-48)65(53-32-24-46(25-33-53)44-14-5-3-6-15-44)54-34-26-47(27-35-54)45-16-7-4-8-17-45/h3-43,64H,1-2H3/b38-30-,41-40+. The second-order valence-electron chi connectivity index (χ2n) is 17.4. The van der Waals surface area contributed by atoms with Crippen LogP contribution in [0.3, 0.4) is 0 Å². The summed E-state index contributed by atoms with van der Waals surface area (Å²) < 4.78 is 0. The van der Waals surface area contributed by atoms with Crippen molar-refractivity contribution in [2.24, 2.45) is 0 Å². The Morgan fingerprint density at radius 2 is 0.815 bits per heavy atom. The normalized spacial score (nSPS) is 14.4. The second kappa shape index (κ2) is 16.8. The van der Waals surface area contributed by atoms with E-state index < -0.39 is 0 Å². The largest absolute Gasteiger partial charge is 0.361 e. The maximum absolute atomic E-state index is 3.70. The number of fused-ring (bicyclic) bond motifs is 5. The summed E-state index contributed by atoms with van der Waals surface area (Å²) in [5.41, 5.74) is 22.5. The van der Waals surface area contributed by atoms with Gasteiger partial charge in [-0.25, -0.2) is 0 Å². The summed E-state index contributed by atoms with van der Waals surface area (Å²) in [7, 11) is 0. The van der Waals surface area contributed by atoms with Gasteiger partial charge in [-0.3, -0.25) is 0 Å². The highest BCUT2D eigenvalue weighted by atomic mass is 15.1. The first-order valence-corrected chi connectivity index (χ1v) is 22.5. The lowest BCUT2D eigenvalue weighted by Crippen LogP contribution is -2.15. The summed E-state index contributed by atoms with van der Waals surface area (Å²) in [6.07, 6.45) is 9.00. The maximum atomic E-state index is 3.70. The molecule has 9 aromatic carbocycles. The molecule has 0 fully saturated rings. The third-order valence-electron chi connectivity index (χ3n) is 13.2. The molecule has 1 N–H and O–H groups in total. The van der Waals surface area contributed by atoms with Crippen LogP contribution >= 0.6 is 0 Å². The van der Waals surface area contributed by atoms with Gasteiger partial charge in [0.05, 0.1) is 0 Å². The average Bonchev–Trinajstić information content (AvgIpc) is 3.57. The van der Waals surface area contributed by atoms with Crippen LogP contribution in [0.4, 0.5) is 22.7 Å². The molecule has 0 amide bonds. The average molecular weight is 833 g/mol. The van der Waals surface area contributed by atoms with Gasteiger partial charge < -0.3 is 10.2 Å². The van der Waals surface area contributed by atoms with Crippen LogP contribution < -0.4 is 10.2 Å². The SMILES string of the molecule is CC1(C)C2=C(/C=C/Nc3ccc(-c4cccc(-c5ccc(N(c6ccc(-c7ccccc7)cc6)c6ccc(-c7ccccc7)cc6)cc5)c4)cc3-c3ccccc3/C=C\2)c2ccccc21. The first-order chi connectivity index (χ1) is 32.0. The Hall–Kier alpha value is -8.20. The van der Waals surface area contributed by atoms with Gasteiger partial charge in [0.2, 0.25) is 0 Å². The molecule has 0 unspecified atom stereocenters. The monoisotopic (exact) mass is 832 g/mol. The van der Waals surface area contributed by atoms with Crippen LogP contribution in [0.15, 0.2) is 248 Å². The van der Waals surface area contributed by atoms with Crippen molar-refractivity contribution in [3.8, 4) is 55.6 Å². The summed E-state index contributed by atoms with van der Waals surface area (Å²) in [5, 5.41) is 3.70. The number of nitrogens with zero attached hydrogens (tertiary/aromatic N) is 1. The summed E-state index contributed by atoms with van der Waals surface area (Å²) in [6.45, 7) is 4.67. The molecular formula is C63H48N2. The van der Waals surface area contributed by atoms with Gasteiger partial charge >= 0.3 is 0 Å². The minimum absolute atomic E-state index is 0.106. The molecule has 11 rings (SSSR count). The zero-order valence-corrected chi connectivity index (χ0v) is 36.6. The molecule has 0 saturated heterocycles. The Morgan fingerprint density at radius 1 is 0.354 bits per heavy atom. The molecule has 2 heteroatoms. The summed E-state index contributed by atoms with van der Waals surface area (Å²) >= 11 is 0. The lowest BCUT2D eigenvalue weighted by molar-refractivity contribution is 0.655. The molecule has 2 nitrogen and oxygen atoms in total. The summed E-state index contributed by atoms with van der Waals surface area (Å²) in [6, 6.07) is 81.2. The van der Waals surface area contributed by atoms with Gasteiger partial charge in [-0.05, 0) is 139 Å². The molecule has 0 bridgehead atoms. The molecule has 0 atom stereocenters. The highest BCUT2D eigenvalue weighted by Gasteiger charge is 2.35. The first kappa shape index (κ1) is 39.6. The van der Waals surface area contributed by atoms with Crippen LogP contribution in [0.2, 0.25) is 0 Å². The number of hydrogen-bond acceptors (Lipinski definition) is 2. The zero-order chi connectivity index (χ0) is 43.7. The lowest BCUT2D eigenvalue weighted by atomic mass is 9.80. The van der Waals surface area contributed by atoms with Crippen molar-refractivity contribution < 1.29 is 0 Å². The zero-order valence-electron chi connectivity index (χ0n) is 36.6. The second-order valence-corrected chi connectivity index (χ2v) is 17.4. The van der Waals surface area contributed by atoms with E-state index >= 15 is 0 Å². The highest BCUT2D eigenvalue weighted by Crippen LogP contribution is 2.48. The number of benzene rings is 9. The predicted molar refractivity (Wildman–Crippen MR) is 276 cm³/mol. The van der Waals surface area contributed by atoms with Gasteiger partial charge in [-0.1, -0.05) is 196 Å². The lowest BCUT2D eigenvalue weighted by Gasteiger charge is -2.26. The van der Waals surface area contributed by atoms with Crippen molar-refractivity contribution in [3.63, 3.8) is 0 Å². The van der Waals surface area contributed by atoms with Crippen LogP contribution in [0.25, 0.3) is 67.3 Å². The van der Waals surface area contributed by atoms with E-state index in [-0.39, 0.29) is 5.41 Å². The molecule has 0 radical (unpaired) electrons. The van der Waals surface area contributed by atoms with Crippen molar-refractivity contribution in [1.29, 1.82) is 0 Å². The van der Waals surface area contributed by atoms with E-state index in [0.717, 1.165) is 33.9 Å². The van der Waals surface area contributed by atoms with Crippen LogP contribution in [0, 0.1) is 0 Å². The molecule has 65 heavy (non-hydrogen) atoms. The van der Waals surface area contributed by atoms with Gasteiger partial charge in [0.15, 0.2) is 0 Å². The molecule has 1 aliphatic heterocycles. The molecule has 1 heterocycles. The van der Waals surface area contributed by atoms with Crippen molar-refractivity contribution in [1.82, 2.24) is 0 Å². The van der Waals surface area contributed by atoms with E-state index in [1.807, 2.05) is 0 Å². The Labute approximate surface area is 382 Å². The van der Waals surface area contributed by atoms with Gasteiger partial charge in [0.25, 0.3) is 0 Å². The Kier molecular flexibility index (Phi) is 10.3. The molecule has 9 aromatic rings. The van der Waals surface area contributed by atoms with Crippen molar-refractivity contribution >= 4 is 34.4 Å². The smallest absolute Gasteiger partial charge is 0.0462 e. The quantitative estimate of drug-likeness (QED) is 0.172. The molecule has 310 valence electrons. The summed E-state index contributed by atoms with van der Waals surface area (Å²) in [5.74, 6) is 0. The van der Waals surface area contributed by atoms with Crippen molar-refractivity contribution in [2.75, 3.05) is 10.2 Å². The Balaban J connectivity index is 0.918. The van der Waals surface area contributed by atoms with Crippen molar-refractivity contribution in [2.45, 2.75) is 19.3 Å². The Bertz CT molecular complexity index is 3180. The van der Waals surface area contributed by atoms with Crippen LogP contribution in [-0.4, -0.2) is 0 Å². The number of anilines is 4. The molecule has 0 aromatic heterocycles. The van der Waals surface area contributed by atoms with Crippen LogP contribution in [0.1, 0.15) is 30.5 Å². The van der Waals surface area contributed by atoms with E-state index in [1.165, 1.54) is 72.3 Å². The van der Waals surface area contributed by atoms with Crippen molar-refractivity contribution in [3.05, 3.63) is 265 Å². The fourth-order valence-electron chi connectivity index (χ4n) is 9.71. The third kappa shape index (κ3) is 7.60. The van der Waals surface area contributed by atoms with E-state index in [1.54, 1.807) is 0 Å². The number of allylic oxidation sites excluding steroid dienone is 4. The van der Waals surface area contributed by atoms with Gasteiger partial charge in [-0.2, -0.15) is 0 Å². The number of nitrogens with one attached hydrogen (secondary N) is 1. The van der Waals surface area contributed by atoms with E-state index in [2.05, 4.69) is 273 Å². The van der Waals surface area contributed by atoms with E-state index in [0.29, 0.717) is 0 Å². The van der Waals surface area contributed by atoms with E-state index in [4.69, 9.17) is 0 Å². The third-order valence-corrected chi connectivity index (χ3v) is 13.2. The summed E-state index contributed by atoms with van der Waals surface area (Å²) in [4.78, 5) is 2.34. The maximum Gasteiger partial charge on any atom is 0.0462 e. The molecule has 0 spiro atoms. The molecular weight excluding hydrogens is 785 g/mol. The minimum Gasteiger partial charge on any atom is -0.361 e.